The standard InChI is InChI=1S/C10H12ClN3O2S/c11-6-1-2-8(7(5-6)9(12)17)14-3-4-16-10(13)15/h1-2,5,14H,3-4H2,(H2,12,17)(H2,13,15). The smallest absolute Gasteiger partial charge is 0.404 e. The van der Waals surface area contributed by atoms with Crippen LogP contribution in [0.25, 0.3) is 0 Å². The van der Waals surface area contributed by atoms with E-state index in [1.165, 1.54) is 0 Å². The van der Waals surface area contributed by atoms with Crippen LogP contribution in [0.3, 0.4) is 0 Å². The number of ether oxygens (including phenoxy) is 1. The van der Waals surface area contributed by atoms with Crippen molar-refractivity contribution in [1.29, 1.82) is 0 Å². The van der Waals surface area contributed by atoms with Crippen molar-refractivity contribution >= 4 is 40.6 Å². The summed E-state index contributed by atoms with van der Waals surface area (Å²) in [5.41, 5.74) is 11.8. The molecule has 92 valence electrons. The fraction of sp³-hybridized carbons (Fsp3) is 0.200. The van der Waals surface area contributed by atoms with Gasteiger partial charge in [0.25, 0.3) is 0 Å². The summed E-state index contributed by atoms with van der Waals surface area (Å²) >= 11 is 10.7. The van der Waals surface area contributed by atoms with E-state index in [2.05, 4.69) is 10.1 Å². The van der Waals surface area contributed by atoms with E-state index in [0.29, 0.717) is 17.1 Å². The number of hydrogen-bond acceptors (Lipinski definition) is 4. The fourth-order valence-electron chi connectivity index (χ4n) is 1.21. The largest absolute Gasteiger partial charge is 0.448 e. The van der Waals surface area contributed by atoms with Crippen LogP contribution >= 0.6 is 23.8 Å². The first kappa shape index (κ1) is 13.5. The number of thiocarbonyl (C=S) groups is 1. The molecule has 0 heterocycles. The summed E-state index contributed by atoms with van der Waals surface area (Å²) in [6, 6.07) is 5.13. The number of halogens is 1. The number of primary amides is 1. The van der Waals surface area contributed by atoms with Crippen LogP contribution in [0.1, 0.15) is 5.56 Å². The Bertz CT molecular complexity index is 440. The Morgan fingerprint density at radius 2 is 2.18 bits per heavy atom. The van der Waals surface area contributed by atoms with Crippen molar-refractivity contribution in [2.24, 2.45) is 11.5 Å². The van der Waals surface area contributed by atoms with Crippen LogP contribution in [0.15, 0.2) is 18.2 Å². The maximum Gasteiger partial charge on any atom is 0.404 e. The van der Waals surface area contributed by atoms with E-state index in [4.69, 9.17) is 35.3 Å². The molecular formula is C10H12ClN3O2S. The van der Waals surface area contributed by atoms with Crippen molar-refractivity contribution < 1.29 is 9.53 Å². The van der Waals surface area contributed by atoms with Gasteiger partial charge in [-0.05, 0) is 18.2 Å². The van der Waals surface area contributed by atoms with Crippen molar-refractivity contribution in [2.45, 2.75) is 0 Å². The molecule has 5 nitrogen and oxygen atoms in total. The van der Waals surface area contributed by atoms with Gasteiger partial charge in [-0.3, -0.25) is 0 Å². The Labute approximate surface area is 109 Å². The third kappa shape index (κ3) is 4.46. The van der Waals surface area contributed by atoms with Crippen LogP contribution in [-0.2, 0) is 4.74 Å². The Morgan fingerprint density at radius 3 is 2.76 bits per heavy atom. The van der Waals surface area contributed by atoms with E-state index in [1.54, 1.807) is 18.2 Å². The quantitative estimate of drug-likeness (QED) is 0.558. The van der Waals surface area contributed by atoms with Crippen molar-refractivity contribution in [1.82, 2.24) is 0 Å². The highest BCUT2D eigenvalue weighted by Crippen LogP contribution is 2.20. The van der Waals surface area contributed by atoms with E-state index in [1.807, 2.05) is 0 Å². The van der Waals surface area contributed by atoms with Crippen molar-refractivity contribution in [3.05, 3.63) is 28.8 Å². The Balaban J connectivity index is 2.64. The van der Waals surface area contributed by atoms with Crippen LogP contribution in [0, 0.1) is 0 Å². The molecule has 0 unspecified atom stereocenters. The SMILES string of the molecule is NC(=O)OCCNc1ccc(Cl)cc1C(N)=S. The number of amides is 1. The van der Waals surface area contributed by atoms with E-state index < -0.39 is 6.09 Å². The van der Waals surface area contributed by atoms with Crippen molar-refractivity contribution in [3.8, 4) is 0 Å². The molecule has 0 atom stereocenters. The highest BCUT2D eigenvalue weighted by Gasteiger charge is 2.05. The van der Waals surface area contributed by atoms with Gasteiger partial charge >= 0.3 is 6.09 Å². The molecule has 0 spiro atoms. The molecule has 0 aliphatic carbocycles. The van der Waals surface area contributed by atoms with E-state index in [0.717, 1.165) is 5.69 Å². The number of rotatable bonds is 5. The lowest BCUT2D eigenvalue weighted by molar-refractivity contribution is 0.161. The molecular weight excluding hydrogens is 262 g/mol. The molecule has 7 heteroatoms. The number of nitrogens with two attached hydrogens (primary N) is 2. The Kier molecular flexibility index (Phi) is 4.99. The Morgan fingerprint density at radius 1 is 1.47 bits per heavy atom. The summed E-state index contributed by atoms with van der Waals surface area (Å²) in [7, 11) is 0. The minimum Gasteiger partial charge on any atom is -0.448 e. The van der Waals surface area contributed by atoms with E-state index >= 15 is 0 Å². The third-order valence-electron chi connectivity index (χ3n) is 1.91. The van der Waals surface area contributed by atoms with Gasteiger partial charge in [0, 0.05) is 22.8 Å². The zero-order valence-electron chi connectivity index (χ0n) is 8.90. The number of nitrogens with one attached hydrogen (secondary N) is 1. The molecule has 0 aliphatic heterocycles. The van der Waals surface area contributed by atoms with Gasteiger partial charge in [-0.15, -0.1) is 0 Å². The first-order valence-corrected chi connectivity index (χ1v) is 5.55. The van der Waals surface area contributed by atoms with Gasteiger partial charge in [0.15, 0.2) is 0 Å². The van der Waals surface area contributed by atoms with E-state index in [-0.39, 0.29) is 11.6 Å². The van der Waals surface area contributed by atoms with Gasteiger partial charge in [0.2, 0.25) is 0 Å². The minimum absolute atomic E-state index is 0.161. The summed E-state index contributed by atoms with van der Waals surface area (Å²) in [5.74, 6) is 0. The molecule has 0 radical (unpaired) electrons. The number of benzene rings is 1. The number of anilines is 1. The van der Waals surface area contributed by atoms with Crippen LogP contribution in [0.5, 0.6) is 0 Å². The van der Waals surface area contributed by atoms with Gasteiger partial charge in [0.05, 0.1) is 0 Å². The van der Waals surface area contributed by atoms with Crippen molar-refractivity contribution in [2.75, 3.05) is 18.5 Å². The molecule has 1 rings (SSSR count). The first-order chi connectivity index (χ1) is 8.00. The summed E-state index contributed by atoms with van der Waals surface area (Å²) in [6.07, 6.45) is -0.808. The summed E-state index contributed by atoms with van der Waals surface area (Å²) < 4.78 is 4.57. The van der Waals surface area contributed by atoms with Crippen LogP contribution in [-0.4, -0.2) is 24.2 Å². The zero-order valence-corrected chi connectivity index (χ0v) is 10.5. The monoisotopic (exact) mass is 273 g/mol. The summed E-state index contributed by atoms with van der Waals surface area (Å²) in [4.78, 5) is 10.6. The molecule has 0 saturated heterocycles. The minimum atomic E-state index is -0.808. The molecule has 0 aromatic heterocycles. The van der Waals surface area contributed by atoms with Crippen molar-refractivity contribution in [3.63, 3.8) is 0 Å². The molecule has 5 N–H and O–H groups in total. The topological polar surface area (TPSA) is 90.4 Å². The van der Waals surface area contributed by atoms with E-state index in [9.17, 15) is 4.79 Å². The van der Waals surface area contributed by atoms with Gasteiger partial charge < -0.3 is 21.5 Å². The molecule has 0 aliphatic rings. The van der Waals surface area contributed by atoms with Gasteiger partial charge in [-0.2, -0.15) is 0 Å². The molecule has 1 aromatic carbocycles. The first-order valence-electron chi connectivity index (χ1n) is 4.76. The lowest BCUT2D eigenvalue weighted by Crippen LogP contribution is -2.20. The van der Waals surface area contributed by atoms with Crippen LogP contribution < -0.4 is 16.8 Å². The normalized spacial score (nSPS) is 9.71. The fourth-order valence-corrected chi connectivity index (χ4v) is 1.55. The van der Waals surface area contributed by atoms with Crippen LogP contribution in [0.4, 0.5) is 10.5 Å². The summed E-state index contributed by atoms with van der Waals surface area (Å²) in [5, 5.41) is 3.57. The highest BCUT2D eigenvalue weighted by molar-refractivity contribution is 7.80. The van der Waals surface area contributed by atoms with Gasteiger partial charge in [0.1, 0.15) is 11.6 Å². The lowest BCUT2D eigenvalue weighted by atomic mass is 10.2. The molecule has 0 bridgehead atoms. The molecule has 0 fully saturated rings. The molecule has 1 amide bonds. The third-order valence-corrected chi connectivity index (χ3v) is 2.36. The highest BCUT2D eigenvalue weighted by atomic mass is 35.5. The average molecular weight is 274 g/mol. The predicted octanol–water partition coefficient (Wildman–Crippen LogP) is 1.48. The number of hydrogen-bond donors (Lipinski definition) is 3. The van der Waals surface area contributed by atoms with Crippen LogP contribution in [0.2, 0.25) is 5.02 Å². The maximum atomic E-state index is 10.3. The zero-order chi connectivity index (χ0) is 12.8. The van der Waals surface area contributed by atoms with Gasteiger partial charge in [-0.25, -0.2) is 4.79 Å². The second-order valence-corrected chi connectivity index (χ2v) is 4.02. The second kappa shape index (κ2) is 6.27. The second-order valence-electron chi connectivity index (χ2n) is 3.15. The predicted molar refractivity (Wildman–Crippen MR) is 71.4 cm³/mol. The molecule has 1 aromatic rings. The molecule has 0 saturated carbocycles. The summed E-state index contributed by atoms with van der Waals surface area (Å²) in [6.45, 7) is 0.564. The molecule has 17 heavy (non-hydrogen) atoms. The maximum absolute atomic E-state index is 10.3. The number of carbonyl (C=O) groups excluding carboxylic acids is 1. The van der Waals surface area contributed by atoms with Gasteiger partial charge in [-0.1, -0.05) is 23.8 Å². The Hall–Kier alpha value is -1.53. The lowest BCUT2D eigenvalue weighted by Gasteiger charge is -2.11. The average Bonchev–Trinajstić information content (AvgIpc) is 2.25. The number of carbonyl (C=O) groups is 1.